The summed E-state index contributed by atoms with van der Waals surface area (Å²) in [5, 5.41) is 12.0. The van der Waals surface area contributed by atoms with Gasteiger partial charge in [0.15, 0.2) is 0 Å². The van der Waals surface area contributed by atoms with Crippen LogP contribution in [0.4, 0.5) is 0 Å². The van der Waals surface area contributed by atoms with Gasteiger partial charge in [0, 0.05) is 36.8 Å². The van der Waals surface area contributed by atoms with Crippen LogP contribution in [0.3, 0.4) is 0 Å². The van der Waals surface area contributed by atoms with Gasteiger partial charge in [0.05, 0.1) is 12.5 Å². The highest BCUT2D eigenvalue weighted by molar-refractivity contribution is 5.98. The van der Waals surface area contributed by atoms with Gasteiger partial charge >= 0.3 is 5.97 Å². The summed E-state index contributed by atoms with van der Waals surface area (Å²) in [6.07, 6.45) is 1.70. The molecule has 1 aliphatic rings. The molecule has 0 saturated carbocycles. The molecule has 1 saturated heterocycles. The average molecular weight is 507 g/mol. The van der Waals surface area contributed by atoms with E-state index in [0.29, 0.717) is 18.6 Å². The molecule has 1 fully saturated rings. The van der Waals surface area contributed by atoms with E-state index in [-0.39, 0.29) is 42.7 Å². The van der Waals surface area contributed by atoms with Gasteiger partial charge < -0.3 is 25.1 Å². The number of fused-ring (bicyclic) bond motifs is 1. The molecule has 184 valence electrons. The molecule has 34 heavy (non-hydrogen) atoms. The van der Waals surface area contributed by atoms with Crippen molar-refractivity contribution in [3.63, 3.8) is 0 Å². The summed E-state index contributed by atoms with van der Waals surface area (Å²) in [4.78, 5) is 12.9. The summed E-state index contributed by atoms with van der Waals surface area (Å²) in [6.45, 7) is 4.00. The van der Waals surface area contributed by atoms with Gasteiger partial charge in [-0.25, -0.2) is 0 Å². The fourth-order valence-corrected chi connectivity index (χ4v) is 4.24. The first-order chi connectivity index (χ1) is 15.5. The number of ether oxygens (including phenoxy) is 2. The zero-order chi connectivity index (χ0) is 22.7. The van der Waals surface area contributed by atoms with Crippen LogP contribution in [0.25, 0.3) is 10.9 Å². The second kappa shape index (κ2) is 12.1. The van der Waals surface area contributed by atoms with Crippen LogP contribution in [0.15, 0.2) is 48.5 Å². The third kappa shape index (κ3) is 6.03. The Morgan fingerprint density at radius 3 is 2.56 bits per heavy atom. The number of aryl methyl sites for hydroxylation is 1. The lowest BCUT2D eigenvalue weighted by atomic mass is 9.94. The number of benzene rings is 2. The number of aromatic nitrogens is 1. The normalized spacial score (nSPS) is 15.8. The molecule has 0 bridgehead atoms. The van der Waals surface area contributed by atoms with E-state index in [1.165, 1.54) is 0 Å². The number of esters is 1. The van der Waals surface area contributed by atoms with Crippen molar-refractivity contribution in [2.75, 3.05) is 19.7 Å². The molecule has 1 aliphatic heterocycles. The van der Waals surface area contributed by atoms with Gasteiger partial charge in [-0.1, -0.05) is 24.3 Å². The Bertz CT molecular complexity index is 1130. The first kappa shape index (κ1) is 27.5. The highest BCUT2D eigenvalue weighted by Crippen LogP contribution is 2.28. The molecule has 2 aromatic carbocycles. The molecule has 2 heterocycles. The summed E-state index contributed by atoms with van der Waals surface area (Å²) in [5.41, 5.74) is 9.22. The number of carbonyl (C=O) groups excluding carboxylic acids is 1. The van der Waals surface area contributed by atoms with E-state index in [4.69, 9.17) is 20.6 Å². The summed E-state index contributed by atoms with van der Waals surface area (Å²) in [5.74, 6) is 0.185. The van der Waals surface area contributed by atoms with Gasteiger partial charge in [-0.2, -0.15) is 0 Å². The highest BCUT2D eigenvalue weighted by atomic mass is 35.5. The predicted molar refractivity (Wildman–Crippen MR) is 140 cm³/mol. The third-order valence-electron chi connectivity index (χ3n) is 6.04. The number of nitrogens with two attached hydrogens (primary N) is 1. The van der Waals surface area contributed by atoms with Gasteiger partial charge in [-0.15, -0.1) is 24.8 Å². The van der Waals surface area contributed by atoms with E-state index < -0.39 is 5.92 Å². The Morgan fingerprint density at radius 1 is 1.21 bits per heavy atom. The van der Waals surface area contributed by atoms with Crippen molar-refractivity contribution in [2.45, 2.75) is 31.8 Å². The molecule has 3 aromatic rings. The molecule has 1 unspecified atom stereocenters. The van der Waals surface area contributed by atoms with E-state index >= 15 is 0 Å². The van der Waals surface area contributed by atoms with Gasteiger partial charge in [0.25, 0.3) is 0 Å². The summed E-state index contributed by atoms with van der Waals surface area (Å²) < 4.78 is 13.5. The van der Waals surface area contributed by atoms with E-state index in [1.54, 1.807) is 0 Å². The molecule has 0 spiro atoms. The Morgan fingerprint density at radius 2 is 1.94 bits per heavy atom. The largest absolute Gasteiger partial charge is 0.489 e. The number of halogens is 2. The number of nitrogen functional groups attached to an aromatic ring is 1. The fraction of sp³-hybridized carbons (Fsp3) is 0.360. The van der Waals surface area contributed by atoms with Crippen molar-refractivity contribution < 1.29 is 14.3 Å². The van der Waals surface area contributed by atoms with Crippen molar-refractivity contribution >= 4 is 47.5 Å². The summed E-state index contributed by atoms with van der Waals surface area (Å²) >= 11 is 0. The zero-order valence-corrected chi connectivity index (χ0v) is 21.0. The molecule has 9 heteroatoms. The quantitative estimate of drug-likeness (QED) is 0.244. The van der Waals surface area contributed by atoms with Crippen LogP contribution in [0.1, 0.15) is 36.1 Å². The molecule has 1 aromatic heterocycles. The molecule has 0 aliphatic carbocycles. The van der Waals surface area contributed by atoms with E-state index in [0.717, 1.165) is 47.4 Å². The summed E-state index contributed by atoms with van der Waals surface area (Å²) in [7, 11) is 1.97. The maximum atomic E-state index is 12.9. The number of nitrogens with one attached hydrogen (secondary N) is 2. The zero-order valence-electron chi connectivity index (χ0n) is 19.4. The lowest BCUT2D eigenvalue weighted by Crippen LogP contribution is -2.20. The topological polar surface area (TPSA) is 102 Å². The third-order valence-corrected chi connectivity index (χ3v) is 6.04. The molecule has 7 nitrogen and oxygen atoms in total. The molecule has 4 N–H and O–H groups in total. The Hall–Kier alpha value is -2.74. The van der Waals surface area contributed by atoms with Crippen molar-refractivity contribution in [3.05, 3.63) is 65.4 Å². The Labute approximate surface area is 212 Å². The minimum atomic E-state index is -0.424. The molecule has 0 radical (unpaired) electrons. The smallest absolute Gasteiger partial charge is 0.313 e. The van der Waals surface area contributed by atoms with Crippen LogP contribution in [-0.4, -0.2) is 42.2 Å². The van der Waals surface area contributed by atoms with Crippen LogP contribution in [-0.2, 0) is 23.0 Å². The second-order valence-corrected chi connectivity index (χ2v) is 8.19. The van der Waals surface area contributed by atoms with Crippen LogP contribution in [0.5, 0.6) is 5.75 Å². The fourth-order valence-electron chi connectivity index (χ4n) is 4.24. The molecule has 4 rings (SSSR count). The maximum Gasteiger partial charge on any atom is 0.313 e. The number of hydrogen-bond donors (Lipinski definition) is 3. The number of amidine groups is 1. The number of carbonyl (C=O) groups is 1. The maximum absolute atomic E-state index is 12.9. The van der Waals surface area contributed by atoms with Crippen LogP contribution in [0, 0.1) is 5.41 Å². The van der Waals surface area contributed by atoms with Crippen LogP contribution < -0.4 is 15.8 Å². The van der Waals surface area contributed by atoms with Gasteiger partial charge in [-0.05, 0) is 55.1 Å². The number of rotatable bonds is 8. The lowest BCUT2D eigenvalue weighted by molar-refractivity contribution is -0.145. The van der Waals surface area contributed by atoms with Crippen LogP contribution >= 0.6 is 24.8 Å². The van der Waals surface area contributed by atoms with Crippen molar-refractivity contribution in [3.8, 4) is 5.75 Å². The first-order valence-corrected chi connectivity index (χ1v) is 11.0. The Balaban J connectivity index is 0.00000204. The van der Waals surface area contributed by atoms with Crippen LogP contribution in [0.2, 0.25) is 0 Å². The predicted octanol–water partition coefficient (Wildman–Crippen LogP) is 3.94. The van der Waals surface area contributed by atoms with Gasteiger partial charge in [-0.3, -0.25) is 10.2 Å². The van der Waals surface area contributed by atoms with E-state index in [1.807, 2.05) is 56.4 Å². The monoisotopic (exact) mass is 506 g/mol. The minimum absolute atomic E-state index is 0. The first-order valence-electron chi connectivity index (χ1n) is 11.0. The van der Waals surface area contributed by atoms with E-state index in [9.17, 15) is 4.79 Å². The van der Waals surface area contributed by atoms with Gasteiger partial charge in [0.1, 0.15) is 17.7 Å². The number of nitrogens with zero attached hydrogens (tertiary/aromatic N) is 1. The molecular weight excluding hydrogens is 475 g/mol. The van der Waals surface area contributed by atoms with Crippen molar-refractivity contribution in [1.29, 1.82) is 5.41 Å². The SMILES string of the molecule is CCOC(=O)C(Cc1cc2ccc(C(=N)N)cc2n1C)c1ccc(O[C@H]2CCNC2)cc1.Cl.Cl. The molecule has 2 atom stereocenters. The standard InChI is InChI=1S/C25H30N4O3.2ClH/c1-3-31-25(30)22(16-6-8-20(9-7-16)32-21-10-11-28-15-21)14-19-12-17-4-5-18(24(26)27)13-23(17)29(19)2;;/h4-9,12-13,21-22,28H,3,10-11,14-15H2,1-2H3,(H3,26,27);2*1H/t21-,22?;;/m0../s1. The highest BCUT2D eigenvalue weighted by Gasteiger charge is 2.25. The van der Waals surface area contributed by atoms with Crippen molar-refractivity contribution in [2.24, 2.45) is 12.8 Å². The van der Waals surface area contributed by atoms with Gasteiger partial charge in [0.2, 0.25) is 0 Å². The lowest BCUT2D eigenvalue weighted by Gasteiger charge is -2.18. The summed E-state index contributed by atoms with van der Waals surface area (Å²) in [6, 6.07) is 15.6. The second-order valence-electron chi connectivity index (χ2n) is 8.19. The molecular formula is C25H32Cl2N4O3. The van der Waals surface area contributed by atoms with Crippen molar-refractivity contribution in [1.82, 2.24) is 9.88 Å². The minimum Gasteiger partial charge on any atom is -0.489 e. The average Bonchev–Trinajstić information content (AvgIpc) is 3.40. The van der Waals surface area contributed by atoms with E-state index in [2.05, 4.69) is 16.0 Å². The molecule has 0 amide bonds. The Kier molecular flexibility index (Phi) is 9.79. The number of hydrogen-bond acceptors (Lipinski definition) is 5.